The van der Waals surface area contributed by atoms with Crippen molar-refractivity contribution in [1.29, 1.82) is 0 Å². The third-order valence-electron chi connectivity index (χ3n) is 3.78. The van der Waals surface area contributed by atoms with Crippen LogP contribution in [-0.4, -0.2) is 23.0 Å². The van der Waals surface area contributed by atoms with Gasteiger partial charge in [0.1, 0.15) is 6.04 Å². The molecule has 0 radical (unpaired) electrons. The van der Waals surface area contributed by atoms with Crippen LogP contribution < -0.4 is 5.32 Å². The lowest BCUT2D eigenvalue weighted by atomic mass is 10.0. The predicted molar refractivity (Wildman–Crippen MR) is 76.4 cm³/mol. The first kappa shape index (κ1) is 14.6. The minimum atomic E-state index is -0.929. The maximum absolute atomic E-state index is 11.9. The summed E-state index contributed by atoms with van der Waals surface area (Å²) in [5.74, 6) is -0.629. The Morgan fingerprint density at radius 3 is 2.65 bits per heavy atom. The molecule has 1 saturated carbocycles. The highest BCUT2D eigenvalue weighted by atomic mass is 16.4. The average Bonchev–Trinajstić information content (AvgIpc) is 3.21. The van der Waals surface area contributed by atoms with Crippen molar-refractivity contribution < 1.29 is 14.7 Å². The summed E-state index contributed by atoms with van der Waals surface area (Å²) in [5, 5.41) is 11.8. The summed E-state index contributed by atoms with van der Waals surface area (Å²) in [6.45, 7) is 2.01. The fourth-order valence-electron chi connectivity index (χ4n) is 2.31. The van der Waals surface area contributed by atoms with Crippen LogP contribution in [0.1, 0.15) is 36.8 Å². The molecule has 1 aliphatic rings. The topological polar surface area (TPSA) is 66.4 Å². The van der Waals surface area contributed by atoms with E-state index in [1.165, 1.54) is 0 Å². The number of hydrogen-bond donors (Lipinski definition) is 2. The summed E-state index contributed by atoms with van der Waals surface area (Å²) in [6.07, 6.45) is 3.71. The van der Waals surface area contributed by atoms with Gasteiger partial charge in [0.25, 0.3) is 0 Å². The molecule has 4 nitrogen and oxygen atoms in total. The van der Waals surface area contributed by atoms with Gasteiger partial charge in [0.05, 0.1) is 0 Å². The van der Waals surface area contributed by atoms with Crippen LogP contribution in [0.15, 0.2) is 24.3 Å². The van der Waals surface area contributed by atoms with Gasteiger partial charge in [-0.2, -0.15) is 0 Å². The Hall–Kier alpha value is -1.84. The largest absolute Gasteiger partial charge is 0.480 e. The molecule has 4 heteroatoms. The van der Waals surface area contributed by atoms with E-state index in [4.69, 9.17) is 5.11 Å². The van der Waals surface area contributed by atoms with Gasteiger partial charge >= 0.3 is 5.97 Å². The van der Waals surface area contributed by atoms with Crippen molar-refractivity contribution >= 4 is 11.9 Å². The number of carbonyl (C=O) groups excluding carboxylic acids is 1. The van der Waals surface area contributed by atoms with Crippen LogP contribution in [0, 0.1) is 12.8 Å². The minimum Gasteiger partial charge on any atom is -0.480 e. The van der Waals surface area contributed by atoms with Crippen molar-refractivity contribution in [1.82, 2.24) is 5.32 Å². The number of benzene rings is 1. The van der Waals surface area contributed by atoms with Gasteiger partial charge < -0.3 is 10.4 Å². The molecule has 0 aromatic heterocycles. The van der Waals surface area contributed by atoms with Gasteiger partial charge in [0.2, 0.25) is 5.91 Å². The monoisotopic (exact) mass is 275 g/mol. The number of carboxylic acids is 1. The molecule has 0 heterocycles. The maximum Gasteiger partial charge on any atom is 0.326 e. The van der Waals surface area contributed by atoms with E-state index < -0.39 is 12.0 Å². The molecule has 1 amide bonds. The summed E-state index contributed by atoms with van der Waals surface area (Å²) in [7, 11) is 0. The van der Waals surface area contributed by atoms with Crippen molar-refractivity contribution in [3.05, 3.63) is 35.4 Å². The van der Waals surface area contributed by atoms with E-state index in [1.54, 1.807) is 0 Å². The Labute approximate surface area is 119 Å². The third kappa shape index (κ3) is 4.37. The molecule has 2 rings (SSSR count). The second-order valence-corrected chi connectivity index (χ2v) is 5.56. The number of hydrogen-bond acceptors (Lipinski definition) is 2. The number of aryl methyl sites for hydroxylation is 2. The van der Waals surface area contributed by atoms with Crippen molar-refractivity contribution in [3.8, 4) is 0 Å². The van der Waals surface area contributed by atoms with E-state index in [-0.39, 0.29) is 5.91 Å². The Morgan fingerprint density at radius 1 is 1.35 bits per heavy atom. The molecular weight excluding hydrogens is 254 g/mol. The molecule has 0 bridgehead atoms. The maximum atomic E-state index is 11.9. The molecular formula is C16H21NO3. The van der Waals surface area contributed by atoms with Crippen LogP contribution in [0.5, 0.6) is 0 Å². The quantitative estimate of drug-likeness (QED) is 0.802. The van der Waals surface area contributed by atoms with Crippen molar-refractivity contribution in [2.75, 3.05) is 0 Å². The van der Waals surface area contributed by atoms with Crippen molar-refractivity contribution in [2.45, 2.75) is 45.1 Å². The molecule has 108 valence electrons. The molecule has 1 aromatic rings. The Morgan fingerprint density at radius 2 is 2.05 bits per heavy atom. The van der Waals surface area contributed by atoms with Gasteiger partial charge in [-0.05, 0) is 36.8 Å². The van der Waals surface area contributed by atoms with E-state index >= 15 is 0 Å². The van der Waals surface area contributed by atoms with Crippen LogP contribution in [0.25, 0.3) is 0 Å². The molecule has 1 unspecified atom stereocenters. The SMILES string of the molecule is Cc1ccccc1CCC(=O)NC(CC1CC1)C(=O)O. The molecule has 0 saturated heterocycles. The molecule has 1 aliphatic carbocycles. The Bertz CT molecular complexity index is 494. The zero-order valence-electron chi connectivity index (χ0n) is 11.8. The van der Waals surface area contributed by atoms with Crippen LogP contribution in [0.2, 0.25) is 0 Å². The van der Waals surface area contributed by atoms with E-state index in [1.807, 2.05) is 31.2 Å². The van der Waals surface area contributed by atoms with Gasteiger partial charge in [-0.25, -0.2) is 4.79 Å². The predicted octanol–water partition coefficient (Wildman–Crippen LogP) is 2.30. The molecule has 2 N–H and O–H groups in total. The zero-order valence-corrected chi connectivity index (χ0v) is 11.8. The van der Waals surface area contributed by atoms with Crippen molar-refractivity contribution in [2.24, 2.45) is 5.92 Å². The molecule has 1 aromatic carbocycles. The highest BCUT2D eigenvalue weighted by molar-refractivity contribution is 5.83. The first-order valence-electron chi connectivity index (χ1n) is 7.13. The van der Waals surface area contributed by atoms with Gasteiger partial charge in [0, 0.05) is 6.42 Å². The third-order valence-corrected chi connectivity index (χ3v) is 3.78. The van der Waals surface area contributed by atoms with Crippen LogP contribution in [0.3, 0.4) is 0 Å². The Balaban J connectivity index is 1.81. The first-order chi connectivity index (χ1) is 9.56. The molecule has 1 fully saturated rings. The van der Waals surface area contributed by atoms with Gasteiger partial charge in [-0.3, -0.25) is 4.79 Å². The summed E-state index contributed by atoms with van der Waals surface area (Å²) in [6, 6.07) is 7.21. The van der Waals surface area contributed by atoms with E-state index in [2.05, 4.69) is 5.32 Å². The van der Waals surface area contributed by atoms with Crippen LogP contribution >= 0.6 is 0 Å². The van der Waals surface area contributed by atoms with Gasteiger partial charge in [-0.1, -0.05) is 37.1 Å². The first-order valence-corrected chi connectivity index (χ1v) is 7.13. The number of rotatable bonds is 7. The number of nitrogens with one attached hydrogen (secondary N) is 1. The molecule has 1 atom stereocenters. The lowest BCUT2D eigenvalue weighted by Crippen LogP contribution is -2.41. The van der Waals surface area contributed by atoms with Crippen molar-refractivity contribution in [3.63, 3.8) is 0 Å². The lowest BCUT2D eigenvalue weighted by molar-refractivity contribution is -0.142. The van der Waals surface area contributed by atoms with Crippen LogP contribution in [-0.2, 0) is 16.0 Å². The number of carbonyl (C=O) groups is 2. The number of carboxylic acid groups (broad SMARTS) is 1. The van der Waals surface area contributed by atoms with E-state index in [9.17, 15) is 9.59 Å². The normalized spacial score (nSPS) is 15.7. The number of amides is 1. The van der Waals surface area contributed by atoms with Gasteiger partial charge in [0.15, 0.2) is 0 Å². The molecule has 20 heavy (non-hydrogen) atoms. The minimum absolute atomic E-state index is 0.179. The fraction of sp³-hybridized carbons (Fsp3) is 0.500. The summed E-state index contributed by atoms with van der Waals surface area (Å²) in [5.41, 5.74) is 2.30. The molecule has 0 spiro atoms. The summed E-state index contributed by atoms with van der Waals surface area (Å²) < 4.78 is 0. The second-order valence-electron chi connectivity index (χ2n) is 5.56. The standard InChI is InChI=1S/C16H21NO3/c1-11-4-2-3-5-13(11)8-9-15(18)17-14(16(19)20)10-12-6-7-12/h2-5,12,14H,6-10H2,1H3,(H,17,18)(H,19,20). The van der Waals surface area contributed by atoms with Crippen LogP contribution in [0.4, 0.5) is 0 Å². The van der Waals surface area contributed by atoms with E-state index in [0.29, 0.717) is 25.2 Å². The second kappa shape index (κ2) is 6.55. The smallest absolute Gasteiger partial charge is 0.326 e. The fourth-order valence-corrected chi connectivity index (χ4v) is 2.31. The molecule has 0 aliphatic heterocycles. The van der Waals surface area contributed by atoms with Gasteiger partial charge in [-0.15, -0.1) is 0 Å². The summed E-state index contributed by atoms with van der Waals surface area (Å²) >= 11 is 0. The average molecular weight is 275 g/mol. The summed E-state index contributed by atoms with van der Waals surface area (Å²) in [4.78, 5) is 23.0. The Kier molecular flexibility index (Phi) is 4.77. The highest BCUT2D eigenvalue weighted by Crippen LogP contribution is 2.33. The zero-order chi connectivity index (χ0) is 14.5. The number of aliphatic carboxylic acids is 1. The lowest BCUT2D eigenvalue weighted by Gasteiger charge is -2.14. The van der Waals surface area contributed by atoms with E-state index in [0.717, 1.165) is 24.0 Å². The highest BCUT2D eigenvalue weighted by Gasteiger charge is 2.29.